The molecule has 0 aromatic rings. The minimum atomic E-state index is -2.77. The van der Waals surface area contributed by atoms with Crippen molar-refractivity contribution >= 4 is 9.84 Å². The average molecular weight is 233 g/mol. The zero-order chi connectivity index (χ0) is 11.3. The van der Waals surface area contributed by atoms with Crippen molar-refractivity contribution in [3.8, 4) is 0 Å². The molecule has 1 N–H and O–H groups in total. The second-order valence-corrected chi connectivity index (χ2v) is 6.97. The van der Waals surface area contributed by atoms with Gasteiger partial charge >= 0.3 is 0 Å². The third kappa shape index (κ3) is 5.52. The quantitative estimate of drug-likeness (QED) is 0.784. The van der Waals surface area contributed by atoms with E-state index >= 15 is 0 Å². The van der Waals surface area contributed by atoms with Crippen LogP contribution >= 0.6 is 0 Å². The third-order valence-electron chi connectivity index (χ3n) is 3.17. The topological polar surface area (TPSA) is 46.2 Å². The molecule has 3 nitrogen and oxygen atoms in total. The molecule has 1 fully saturated rings. The highest BCUT2D eigenvalue weighted by Gasteiger charge is 2.21. The van der Waals surface area contributed by atoms with E-state index in [9.17, 15) is 8.42 Å². The molecule has 0 amide bonds. The van der Waals surface area contributed by atoms with Crippen LogP contribution in [-0.4, -0.2) is 33.0 Å². The zero-order valence-electron chi connectivity index (χ0n) is 9.83. The lowest BCUT2D eigenvalue weighted by Crippen LogP contribution is -2.34. The van der Waals surface area contributed by atoms with Gasteiger partial charge in [0.1, 0.15) is 9.84 Å². The van der Waals surface area contributed by atoms with E-state index in [1.807, 2.05) is 0 Å². The fraction of sp³-hybridized carbons (Fsp3) is 1.00. The molecule has 1 aliphatic rings. The van der Waals surface area contributed by atoms with Crippen molar-refractivity contribution in [2.24, 2.45) is 5.92 Å². The molecule has 0 saturated heterocycles. The third-order valence-corrected chi connectivity index (χ3v) is 4.15. The van der Waals surface area contributed by atoms with E-state index in [4.69, 9.17) is 0 Å². The summed E-state index contributed by atoms with van der Waals surface area (Å²) in [5.41, 5.74) is 0. The Labute approximate surface area is 93.6 Å². The lowest BCUT2D eigenvalue weighted by Gasteiger charge is -2.29. The lowest BCUT2D eigenvalue weighted by atomic mass is 9.84. The Morgan fingerprint density at radius 3 is 2.67 bits per heavy atom. The molecule has 15 heavy (non-hydrogen) atoms. The van der Waals surface area contributed by atoms with Crippen molar-refractivity contribution < 1.29 is 8.42 Å². The lowest BCUT2D eigenvalue weighted by molar-refractivity contribution is 0.283. The maximum absolute atomic E-state index is 11.1. The maximum atomic E-state index is 11.1. The van der Waals surface area contributed by atoms with Gasteiger partial charge in [-0.2, -0.15) is 0 Å². The van der Waals surface area contributed by atoms with Gasteiger partial charge in [-0.3, -0.25) is 0 Å². The summed E-state index contributed by atoms with van der Waals surface area (Å²) in [4.78, 5) is 0. The number of sulfone groups is 1. The molecule has 0 bridgehead atoms. The highest BCUT2D eigenvalue weighted by molar-refractivity contribution is 7.90. The van der Waals surface area contributed by atoms with Crippen molar-refractivity contribution in [2.75, 3.05) is 18.6 Å². The van der Waals surface area contributed by atoms with Crippen LogP contribution in [0.3, 0.4) is 0 Å². The van der Waals surface area contributed by atoms with Gasteiger partial charge < -0.3 is 5.32 Å². The Balaban J connectivity index is 2.30. The van der Waals surface area contributed by atoms with E-state index in [1.165, 1.54) is 25.5 Å². The summed E-state index contributed by atoms with van der Waals surface area (Å²) in [6.07, 6.45) is 7.04. The molecule has 1 saturated carbocycles. The fourth-order valence-corrected chi connectivity index (χ4v) is 3.17. The minimum absolute atomic E-state index is 0.358. The molecule has 0 radical (unpaired) electrons. The first-order chi connectivity index (χ1) is 7.01. The molecule has 0 aliphatic heterocycles. The SMILES string of the molecule is CCNC1CCCC(CCS(C)(=O)=O)C1. The number of rotatable bonds is 5. The molecule has 0 aromatic carbocycles. The maximum Gasteiger partial charge on any atom is 0.147 e. The highest BCUT2D eigenvalue weighted by Crippen LogP contribution is 2.27. The zero-order valence-corrected chi connectivity index (χ0v) is 10.6. The van der Waals surface area contributed by atoms with Crippen LogP contribution in [0.5, 0.6) is 0 Å². The van der Waals surface area contributed by atoms with Gasteiger partial charge in [0.15, 0.2) is 0 Å². The summed E-state index contributed by atoms with van der Waals surface area (Å²) in [5, 5.41) is 3.46. The normalized spacial score (nSPS) is 27.9. The standard InChI is InChI=1S/C11H23NO2S/c1-3-12-11-6-4-5-10(9-11)7-8-15(2,13)14/h10-12H,3-9H2,1-2H3. The van der Waals surface area contributed by atoms with Crippen LogP contribution in [0.1, 0.15) is 39.0 Å². The molecule has 0 heterocycles. The van der Waals surface area contributed by atoms with Gasteiger partial charge in [0.05, 0.1) is 5.75 Å². The smallest absolute Gasteiger partial charge is 0.147 e. The highest BCUT2D eigenvalue weighted by atomic mass is 32.2. The number of hydrogen-bond acceptors (Lipinski definition) is 3. The minimum Gasteiger partial charge on any atom is -0.314 e. The van der Waals surface area contributed by atoms with Crippen LogP contribution in [0.25, 0.3) is 0 Å². The summed E-state index contributed by atoms with van der Waals surface area (Å²) < 4.78 is 22.1. The van der Waals surface area contributed by atoms with Crippen molar-refractivity contribution in [1.29, 1.82) is 0 Å². The predicted octanol–water partition coefficient (Wildman–Crippen LogP) is 1.59. The monoisotopic (exact) mass is 233 g/mol. The largest absolute Gasteiger partial charge is 0.314 e. The Kier molecular flexibility index (Phi) is 5.06. The van der Waals surface area contributed by atoms with Crippen LogP contribution in [0, 0.1) is 5.92 Å². The van der Waals surface area contributed by atoms with Crippen LogP contribution in [0.4, 0.5) is 0 Å². The molecule has 0 aromatic heterocycles. The van der Waals surface area contributed by atoms with Crippen LogP contribution in [0.15, 0.2) is 0 Å². The van der Waals surface area contributed by atoms with Gasteiger partial charge in [-0.25, -0.2) is 8.42 Å². The van der Waals surface area contributed by atoms with Gasteiger partial charge in [-0.1, -0.05) is 19.8 Å². The molecule has 4 heteroatoms. The van der Waals surface area contributed by atoms with Crippen LogP contribution in [-0.2, 0) is 9.84 Å². The van der Waals surface area contributed by atoms with E-state index in [2.05, 4.69) is 12.2 Å². The Morgan fingerprint density at radius 2 is 2.07 bits per heavy atom. The van der Waals surface area contributed by atoms with Gasteiger partial charge in [0.25, 0.3) is 0 Å². The molecule has 90 valence electrons. The molecular formula is C11H23NO2S. The Morgan fingerprint density at radius 1 is 1.33 bits per heavy atom. The van der Waals surface area contributed by atoms with E-state index < -0.39 is 9.84 Å². The van der Waals surface area contributed by atoms with E-state index in [0.717, 1.165) is 19.4 Å². The van der Waals surface area contributed by atoms with Crippen molar-refractivity contribution in [3.05, 3.63) is 0 Å². The molecule has 2 unspecified atom stereocenters. The summed E-state index contributed by atoms with van der Waals surface area (Å²) >= 11 is 0. The first-order valence-electron chi connectivity index (χ1n) is 5.92. The van der Waals surface area contributed by atoms with Crippen molar-refractivity contribution in [2.45, 2.75) is 45.1 Å². The van der Waals surface area contributed by atoms with E-state index in [1.54, 1.807) is 0 Å². The second-order valence-electron chi connectivity index (χ2n) is 4.71. The summed E-state index contributed by atoms with van der Waals surface area (Å²) in [6, 6.07) is 0.619. The molecule has 1 aliphatic carbocycles. The average Bonchev–Trinajstić information content (AvgIpc) is 2.15. The van der Waals surface area contributed by atoms with E-state index in [-0.39, 0.29) is 0 Å². The molecule has 2 atom stereocenters. The van der Waals surface area contributed by atoms with Crippen LogP contribution in [0.2, 0.25) is 0 Å². The summed E-state index contributed by atoms with van der Waals surface area (Å²) in [6.45, 7) is 3.14. The number of nitrogens with one attached hydrogen (secondary N) is 1. The molecule has 1 rings (SSSR count). The van der Waals surface area contributed by atoms with Crippen molar-refractivity contribution in [1.82, 2.24) is 5.32 Å². The van der Waals surface area contributed by atoms with Crippen molar-refractivity contribution in [3.63, 3.8) is 0 Å². The van der Waals surface area contributed by atoms with Crippen LogP contribution < -0.4 is 5.32 Å². The molecule has 0 spiro atoms. The first kappa shape index (κ1) is 13.0. The van der Waals surface area contributed by atoms with Gasteiger partial charge in [0, 0.05) is 12.3 Å². The molecular weight excluding hydrogens is 210 g/mol. The van der Waals surface area contributed by atoms with Gasteiger partial charge in [0.2, 0.25) is 0 Å². The number of hydrogen-bond donors (Lipinski definition) is 1. The Hall–Kier alpha value is -0.0900. The van der Waals surface area contributed by atoms with Gasteiger partial charge in [-0.05, 0) is 31.7 Å². The predicted molar refractivity (Wildman–Crippen MR) is 63.8 cm³/mol. The first-order valence-corrected chi connectivity index (χ1v) is 7.98. The summed E-state index contributed by atoms with van der Waals surface area (Å²) in [7, 11) is -2.77. The Bertz CT molecular complexity index is 272. The summed E-state index contributed by atoms with van der Waals surface area (Å²) in [5.74, 6) is 0.966. The van der Waals surface area contributed by atoms with E-state index in [0.29, 0.717) is 17.7 Å². The van der Waals surface area contributed by atoms with Gasteiger partial charge in [-0.15, -0.1) is 0 Å². The second kappa shape index (κ2) is 5.85. The fourth-order valence-electron chi connectivity index (χ4n) is 2.41.